The van der Waals surface area contributed by atoms with Gasteiger partial charge in [0.15, 0.2) is 0 Å². The second kappa shape index (κ2) is 3.20. The summed E-state index contributed by atoms with van der Waals surface area (Å²) in [6.45, 7) is 0. The molecule has 1 aromatic heterocycles. The average Bonchev–Trinajstić information content (AvgIpc) is 2.46. The Labute approximate surface area is 76.0 Å². The molecule has 1 heterocycles. The molecule has 0 saturated carbocycles. The fraction of sp³-hybridized carbons (Fsp3) is 0.556. The van der Waals surface area contributed by atoms with Gasteiger partial charge in [0.2, 0.25) is 0 Å². The van der Waals surface area contributed by atoms with Gasteiger partial charge in [0, 0.05) is 4.88 Å². The average molecular weight is 184 g/mol. The number of aryl methyl sites for hydroxylation is 2. The number of fused-ring (bicyclic) bond motifs is 1. The zero-order chi connectivity index (χ0) is 7.68. The molecule has 0 saturated heterocycles. The van der Waals surface area contributed by atoms with Crippen molar-refractivity contribution in [3.8, 4) is 0 Å². The van der Waals surface area contributed by atoms with E-state index < -0.39 is 0 Å². The van der Waals surface area contributed by atoms with Crippen molar-refractivity contribution < 1.29 is 0 Å². The number of thiophene rings is 1. The SMILES string of the molecule is CSc1cc2c(s1)CCCC2. The van der Waals surface area contributed by atoms with Crippen molar-refractivity contribution in [1.82, 2.24) is 0 Å². The predicted octanol–water partition coefficient (Wildman–Crippen LogP) is 3.35. The van der Waals surface area contributed by atoms with E-state index >= 15 is 0 Å². The van der Waals surface area contributed by atoms with Crippen molar-refractivity contribution in [3.63, 3.8) is 0 Å². The lowest BCUT2D eigenvalue weighted by atomic mass is 10.00. The van der Waals surface area contributed by atoms with E-state index in [-0.39, 0.29) is 0 Å². The highest BCUT2D eigenvalue weighted by molar-refractivity contribution is 8.00. The van der Waals surface area contributed by atoms with Gasteiger partial charge in [0.1, 0.15) is 0 Å². The lowest BCUT2D eigenvalue weighted by molar-refractivity contribution is 0.697. The van der Waals surface area contributed by atoms with Crippen molar-refractivity contribution in [2.24, 2.45) is 0 Å². The Bertz CT molecular complexity index is 227. The monoisotopic (exact) mass is 184 g/mol. The lowest BCUT2D eigenvalue weighted by Crippen LogP contribution is -1.96. The van der Waals surface area contributed by atoms with Crippen molar-refractivity contribution in [2.45, 2.75) is 29.9 Å². The summed E-state index contributed by atoms with van der Waals surface area (Å²) in [4.78, 5) is 1.65. The van der Waals surface area contributed by atoms with Crippen LogP contribution in [0.3, 0.4) is 0 Å². The van der Waals surface area contributed by atoms with E-state index in [0.717, 1.165) is 0 Å². The molecule has 1 aromatic rings. The van der Waals surface area contributed by atoms with Crippen LogP contribution in [0, 0.1) is 0 Å². The van der Waals surface area contributed by atoms with Crippen LogP contribution in [0.25, 0.3) is 0 Å². The van der Waals surface area contributed by atoms with Gasteiger partial charge in [-0.1, -0.05) is 0 Å². The molecule has 0 fully saturated rings. The van der Waals surface area contributed by atoms with E-state index in [1.807, 2.05) is 23.1 Å². The Morgan fingerprint density at radius 2 is 2.18 bits per heavy atom. The molecule has 1 aliphatic rings. The highest BCUT2D eigenvalue weighted by Gasteiger charge is 2.12. The molecule has 0 bridgehead atoms. The predicted molar refractivity (Wildman–Crippen MR) is 52.7 cm³/mol. The van der Waals surface area contributed by atoms with Crippen LogP contribution in [0.1, 0.15) is 23.3 Å². The Morgan fingerprint density at radius 3 is 2.91 bits per heavy atom. The van der Waals surface area contributed by atoms with Gasteiger partial charge < -0.3 is 0 Å². The maximum Gasteiger partial charge on any atom is 0.0601 e. The van der Waals surface area contributed by atoms with Crippen molar-refractivity contribution in [2.75, 3.05) is 6.26 Å². The zero-order valence-corrected chi connectivity index (χ0v) is 8.36. The third kappa shape index (κ3) is 1.47. The van der Waals surface area contributed by atoms with E-state index in [1.54, 1.807) is 10.4 Å². The van der Waals surface area contributed by atoms with Crippen molar-refractivity contribution >= 4 is 23.1 Å². The molecule has 0 spiro atoms. The van der Waals surface area contributed by atoms with Crippen LogP contribution in [-0.4, -0.2) is 6.26 Å². The molecular formula is C9H12S2. The highest BCUT2D eigenvalue weighted by atomic mass is 32.2. The van der Waals surface area contributed by atoms with Crippen LogP contribution < -0.4 is 0 Å². The summed E-state index contributed by atoms with van der Waals surface area (Å²) in [6.07, 6.45) is 7.63. The first-order chi connectivity index (χ1) is 5.40. The molecule has 0 aliphatic heterocycles. The molecule has 0 unspecified atom stereocenters. The van der Waals surface area contributed by atoms with Crippen LogP contribution >= 0.6 is 23.1 Å². The molecule has 0 amide bonds. The van der Waals surface area contributed by atoms with Gasteiger partial charge in [-0.25, -0.2) is 0 Å². The standard InChI is InChI=1S/C9H12S2/c1-10-9-6-7-4-2-3-5-8(7)11-9/h6H,2-5H2,1H3. The number of hydrogen-bond acceptors (Lipinski definition) is 2. The van der Waals surface area contributed by atoms with Gasteiger partial charge in [-0.05, 0) is 43.6 Å². The molecule has 0 nitrogen and oxygen atoms in total. The molecule has 60 valence electrons. The van der Waals surface area contributed by atoms with E-state index in [9.17, 15) is 0 Å². The van der Waals surface area contributed by atoms with Crippen LogP contribution in [0.2, 0.25) is 0 Å². The minimum atomic E-state index is 1.33. The highest BCUT2D eigenvalue weighted by Crippen LogP contribution is 2.33. The van der Waals surface area contributed by atoms with E-state index in [4.69, 9.17) is 0 Å². The van der Waals surface area contributed by atoms with Gasteiger partial charge in [0.05, 0.1) is 4.21 Å². The molecule has 0 aromatic carbocycles. The number of hydrogen-bond donors (Lipinski definition) is 0. The van der Waals surface area contributed by atoms with E-state index in [2.05, 4.69) is 12.3 Å². The van der Waals surface area contributed by atoms with Crippen LogP contribution in [0.4, 0.5) is 0 Å². The van der Waals surface area contributed by atoms with Crippen LogP contribution in [0.15, 0.2) is 10.3 Å². The second-order valence-corrected chi connectivity index (χ2v) is 5.17. The summed E-state index contributed by atoms with van der Waals surface area (Å²) in [5.41, 5.74) is 1.63. The molecular weight excluding hydrogens is 172 g/mol. The van der Waals surface area contributed by atoms with Gasteiger partial charge >= 0.3 is 0 Å². The summed E-state index contributed by atoms with van der Waals surface area (Å²) in [5, 5.41) is 0. The molecule has 2 rings (SSSR count). The fourth-order valence-corrected chi connectivity index (χ4v) is 3.44. The molecule has 1 aliphatic carbocycles. The first-order valence-corrected chi connectivity index (χ1v) is 6.10. The molecule has 11 heavy (non-hydrogen) atoms. The summed E-state index contributed by atoms with van der Waals surface area (Å²) in [6, 6.07) is 2.38. The third-order valence-electron chi connectivity index (χ3n) is 2.18. The van der Waals surface area contributed by atoms with Gasteiger partial charge in [0.25, 0.3) is 0 Å². The Kier molecular flexibility index (Phi) is 2.23. The fourth-order valence-electron chi connectivity index (χ4n) is 1.56. The van der Waals surface area contributed by atoms with Crippen molar-refractivity contribution in [3.05, 3.63) is 16.5 Å². The second-order valence-electron chi connectivity index (χ2n) is 2.93. The normalized spacial score (nSPS) is 16.5. The maximum absolute atomic E-state index is 2.38. The van der Waals surface area contributed by atoms with Crippen molar-refractivity contribution in [1.29, 1.82) is 0 Å². The van der Waals surface area contributed by atoms with Gasteiger partial charge in [-0.15, -0.1) is 23.1 Å². The molecule has 0 N–H and O–H groups in total. The summed E-state index contributed by atoms with van der Waals surface area (Å²) in [7, 11) is 0. The maximum atomic E-state index is 2.38. The van der Waals surface area contributed by atoms with Gasteiger partial charge in [-0.3, -0.25) is 0 Å². The number of rotatable bonds is 1. The smallest absolute Gasteiger partial charge is 0.0601 e. The zero-order valence-electron chi connectivity index (χ0n) is 6.72. The topological polar surface area (TPSA) is 0 Å². The first-order valence-electron chi connectivity index (χ1n) is 4.06. The minimum Gasteiger partial charge on any atom is -0.134 e. The quantitative estimate of drug-likeness (QED) is 0.603. The van der Waals surface area contributed by atoms with Crippen LogP contribution in [0.5, 0.6) is 0 Å². The summed E-state index contributed by atoms with van der Waals surface area (Å²) in [5.74, 6) is 0. The minimum absolute atomic E-state index is 1.33. The largest absolute Gasteiger partial charge is 0.134 e. The lowest BCUT2D eigenvalue weighted by Gasteiger charge is -2.08. The summed E-state index contributed by atoms with van der Waals surface area (Å²) >= 11 is 3.88. The Balaban J connectivity index is 2.32. The van der Waals surface area contributed by atoms with Gasteiger partial charge in [-0.2, -0.15) is 0 Å². The Morgan fingerprint density at radius 1 is 1.36 bits per heavy atom. The van der Waals surface area contributed by atoms with Crippen LogP contribution in [-0.2, 0) is 12.8 Å². The summed E-state index contributed by atoms with van der Waals surface area (Å²) < 4.78 is 1.50. The first kappa shape index (κ1) is 7.69. The molecule has 0 atom stereocenters. The number of thioether (sulfide) groups is 1. The van der Waals surface area contributed by atoms with E-state index in [1.165, 1.54) is 29.9 Å². The molecule has 0 radical (unpaired) electrons. The molecule has 2 heteroatoms. The van der Waals surface area contributed by atoms with E-state index in [0.29, 0.717) is 0 Å². The Hall–Kier alpha value is 0.0500. The third-order valence-corrected chi connectivity index (χ3v) is 4.48.